The maximum atomic E-state index is 9.18. The highest BCUT2D eigenvalue weighted by Gasteiger charge is 1.93. The molecule has 44 valence electrons. The summed E-state index contributed by atoms with van der Waals surface area (Å²) in [5.41, 5.74) is 0. The van der Waals surface area contributed by atoms with E-state index in [1.165, 1.54) is 0 Å². The van der Waals surface area contributed by atoms with Crippen LogP contribution in [0.4, 0.5) is 0 Å². The van der Waals surface area contributed by atoms with E-state index in [1.54, 1.807) is 0 Å². The van der Waals surface area contributed by atoms with Gasteiger partial charge in [-0.2, -0.15) is 11.7 Å². The minimum atomic E-state index is -0.944. The second-order valence-corrected chi connectivity index (χ2v) is 0.618. The summed E-state index contributed by atoms with van der Waals surface area (Å²) in [6.45, 7) is 0. The van der Waals surface area contributed by atoms with Crippen LogP contribution in [0, 0.1) is 10.1 Å². The van der Waals surface area contributed by atoms with Crippen molar-refractivity contribution in [3.63, 3.8) is 0 Å². The summed E-state index contributed by atoms with van der Waals surface area (Å²) < 4.78 is 0. The summed E-state index contributed by atoms with van der Waals surface area (Å²) in [6, 6.07) is 0. The van der Waals surface area contributed by atoms with Crippen LogP contribution in [0.1, 0.15) is 0 Å². The average Bonchev–Trinajstić information content (AvgIpc) is 1.36. The molecule has 0 fully saturated rings. The zero-order valence-electron chi connectivity index (χ0n) is 3.57. The molecule has 7 nitrogen and oxygen atoms in total. The van der Waals surface area contributed by atoms with Gasteiger partial charge in [0.1, 0.15) is 0 Å². The van der Waals surface area contributed by atoms with Crippen LogP contribution >= 0.6 is 0 Å². The summed E-state index contributed by atoms with van der Waals surface area (Å²) in [6.07, 6.45) is 0. The van der Waals surface area contributed by atoms with Gasteiger partial charge in [-0.15, -0.1) is 0 Å². The number of hydrogen-bond donors (Lipinski definition) is 3. The van der Waals surface area contributed by atoms with E-state index in [9.17, 15) is 10.1 Å². The van der Waals surface area contributed by atoms with Gasteiger partial charge in [-0.3, -0.25) is 0 Å². The molecule has 0 spiro atoms. The molecule has 7 heavy (non-hydrogen) atoms. The van der Waals surface area contributed by atoms with Crippen molar-refractivity contribution in [2.45, 2.75) is 0 Å². The molecular weight excluding hydrogens is 102 g/mol. The minimum Gasteiger partial charge on any atom is -0.344 e. The molecule has 0 bridgehead atoms. The molecule has 0 rings (SSSR count). The van der Waals surface area contributed by atoms with Crippen LogP contribution in [-0.4, -0.2) is 10.3 Å². The van der Waals surface area contributed by atoms with E-state index in [4.69, 9.17) is 0 Å². The van der Waals surface area contributed by atoms with Gasteiger partial charge in [-0.1, -0.05) is 0 Å². The van der Waals surface area contributed by atoms with Crippen LogP contribution in [0.3, 0.4) is 0 Å². The largest absolute Gasteiger partial charge is 0.344 e. The predicted molar refractivity (Wildman–Crippen MR) is 22.2 cm³/mol. The number of nitro groups is 1. The summed E-state index contributed by atoms with van der Waals surface area (Å²) >= 11 is 0. The minimum absolute atomic E-state index is 0. The first-order chi connectivity index (χ1) is 2.64. The van der Waals surface area contributed by atoms with Gasteiger partial charge >= 0.3 is 0 Å². The summed E-state index contributed by atoms with van der Waals surface area (Å²) in [4.78, 5) is 9.18. The summed E-state index contributed by atoms with van der Waals surface area (Å²) in [5.74, 6) is 8.69. The quantitative estimate of drug-likeness (QED) is 0.210. The van der Waals surface area contributed by atoms with Crippen LogP contribution in [0.2, 0.25) is 0 Å². The SMILES string of the molecule is N.NN(N)[N+](=O)[O-]. The third kappa shape index (κ3) is 5.08. The van der Waals surface area contributed by atoms with E-state index in [1.807, 2.05) is 0 Å². The monoisotopic (exact) mass is 109 g/mol. The van der Waals surface area contributed by atoms with E-state index in [-0.39, 0.29) is 11.4 Å². The standard InChI is InChI=1S/H4N4O2.H3N/c1-3(2)4(5)6;/h1-2H2;1H3. The van der Waals surface area contributed by atoms with Gasteiger partial charge < -0.3 is 6.15 Å². The summed E-state index contributed by atoms with van der Waals surface area (Å²) in [7, 11) is 0. The zero-order chi connectivity index (χ0) is 5.15. The first kappa shape index (κ1) is 9.43. The van der Waals surface area contributed by atoms with Crippen molar-refractivity contribution >= 4 is 0 Å². The van der Waals surface area contributed by atoms with Crippen molar-refractivity contribution in [2.75, 3.05) is 0 Å². The topological polar surface area (TPSA) is 133 Å². The van der Waals surface area contributed by atoms with E-state index in [0.29, 0.717) is 0 Å². The highest BCUT2D eigenvalue weighted by Crippen LogP contribution is 1.56. The number of nitrogens with zero attached hydrogens (tertiary/aromatic N) is 2. The lowest BCUT2D eigenvalue weighted by molar-refractivity contribution is -0.661. The molecule has 0 aromatic heterocycles. The van der Waals surface area contributed by atoms with Crippen molar-refractivity contribution in [3.05, 3.63) is 10.1 Å². The van der Waals surface area contributed by atoms with Gasteiger partial charge in [-0.05, 0) is 0 Å². The number of hydrogen-bond acceptors (Lipinski definition) is 5. The molecule has 0 aliphatic rings. The highest BCUT2D eigenvalue weighted by atomic mass is 16.7. The smallest absolute Gasteiger partial charge is 0.192 e. The average molecular weight is 109 g/mol. The van der Waals surface area contributed by atoms with Crippen LogP contribution in [0.25, 0.3) is 0 Å². The maximum Gasteiger partial charge on any atom is 0.192 e. The lowest BCUT2D eigenvalue weighted by Crippen LogP contribution is -2.42. The Bertz CT molecular complexity index is 57.1. The molecule has 0 amide bonds. The first-order valence-electron chi connectivity index (χ1n) is 1.08. The first-order valence-corrected chi connectivity index (χ1v) is 1.08. The van der Waals surface area contributed by atoms with Gasteiger partial charge in [0.05, 0.1) is 0 Å². The molecule has 0 aliphatic carbocycles. The van der Waals surface area contributed by atoms with Crippen molar-refractivity contribution in [3.8, 4) is 0 Å². The normalized spacial score (nSPS) is 6.57. The van der Waals surface area contributed by atoms with Gasteiger partial charge in [-0.25, -0.2) is 10.1 Å². The Hall–Kier alpha value is -0.920. The highest BCUT2D eigenvalue weighted by molar-refractivity contribution is 3.95. The Labute approximate surface area is 39.5 Å². The molecule has 7 heteroatoms. The van der Waals surface area contributed by atoms with Crippen LogP contribution in [0.5, 0.6) is 0 Å². The second kappa shape index (κ2) is 3.28. The second-order valence-electron chi connectivity index (χ2n) is 0.618. The molecule has 0 unspecified atom stereocenters. The fourth-order valence-corrected chi connectivity index (χ4v) is 0. The molecule has 0 saturated carbocycles. The van der Waals surface area contributed by atoms with E-state index in [0.717, 1.165) is 0 Å². The van der Waals surface area contributed by atoms with E-state index >= 15 is 0 Å². The molecule has 0 aromatic rings. The van der Waals surface area contributed by atoms with Crippen molar-refractivity contribution in [1.82, 2.24) is 11.4 Å². The Morgan fingerprint density at radius 3 is 1.71 bits per heavy atom. The van der Waals surface area contributed by atoms with Crippen LogP contribution in [-0.2, 0) is 0 Å². The fraction of sp³-hybridized carbons (Fsp3) is 0. The van der Waals surface area contributed by atoms with Crippen molar-refractivity contribution in [1.29, 1.82) is 0 Å². The van der Waals surface area contributed by atoms with Gasteiger partial charge in [0.25, 0.3) is 0 Å². The fourth-order valence-electron chi connectivity index (χ4n) is 0. The van der Waals surface area contributed by atoms with Crippen LogP contribution in [0.15, 0.2) is 0 Å². The Morgan fingerprint density at radius 1 is 1.57 bits per heavy atom. The molecule has 0 saturated heterocycles. The lowest BCUT2D eigenvalue weighted by atomic mass is 12.2. The molecule has 0 heterocycles. The van der Waals surface area contributed by atoms with Crippen LogP contribution < -0.4 is 17.8 Å². The summed E-state index contributed by atoms with van der Waals surface area (Å²) in [5, 5.41) is 8.12. The Morgan fingerprint density at radius 2 is 1.71 bits per heavy atom. The van der Waals surface area contributed by atoms with Gasteiger partial charge in [0.2, 0.25) is 0 Å². The third-order valence-corrected chi connectivity index (χ3v) is 0.189. The Balaban J connectivity index is 0. The molecule has 7 N–H and O–H groups in total. The van der Waals surface area contributed by atoms with Crippen molar-refractivity contribution < 1.29 is 5.03 Å². The van der Waals surface area contributed by atoms with Gasteiger partial charge in [0.15, 0.2) is 5.03 Å². The predicted octanol–water partition coefficient (Wildman–Crippen LogP) is -1.61. The molecule has 0 aromatic carbocycles. The van der Waals surface area contributed by atoms with E-state index < -0.39 is 5.03 Å². The number of nitrogens with two attached hydrogens (primary N) is 2. The molecular formula is H7N5O2. The van der Waals surface area contributed by atoms with E-state index in [2.05, 4.69) is 11.7 Å². The van der Waals surface area contributed by atoms with Crippen molar-refractivity contribution in [2.24, 2.45) is 11.7 Å². The third-order valence-electron chi connectivity index (χ3n) is 0.189. The maximum absolute atomic E-state index is 9.18. The number of hydrazine groups is 3. The van der Waals surface area contributed by atoms with Gasteiger partial charge in [0, 0.05) is 5.23 Å². The molecule has 0 atom stereocenters. The lowest BCUT2D eigenvalue weighted by Gasteiger charge is -1.93. The Kier molecular flexibility index (Phi) is 4.41. The zero-order valence-corrected chi connectivity index (χ0v) is 3.57. The number of rotatable bonds is 1. The molecule has 0 aliphatic heterocycles. The molecule has 0 radical (unpaired) electrons.